The van der Waals surface area contributed by atoms with Crippen LogP contribution < -0.4 is 10.1 Å². The number of rotatable bonds is 9. The first-order chi connectivity index (χ1) is 13.5. The largest absolute Gasteiger partial charge is 0.495 e. The minimum atomic E-state index is -1.03. The number of carboxylic acid groups (broad SMARTS) is 1. The normalized spacial score (nSPS) is 16.4. The molecule has 7 nitrogen and oxygen atoms in total. The average Bonchev–Trinajstić information content (AvgIpc) is 3.28. The van der Waals surface area contributed by atoms with Gasteiger partial charge in [-0.05, 0) is 24.6 Å². The second-order valence-corrected chi connectivity index (χ2v) is 8.77. The summed E-state index contributed by atoms with van der Waals surface area (Å²) < 4.78 is 5.85. The lowest BCUT2D eigenvalue weighted by molar-refractivity contribution is -0.128. The van der Waals surface area contributed by atoms with Crippen LogP contribution in [0.25, 0.3) is 0 Å². The number of nitrogens with zero attached hydrogens (tertiary/aromatic N) is 2. The molecule has 0 aliphatic carbocycles. The first-order valence-corrected chi connectivity index (χ1v) is 10.9. The number of aromatic carboxylic acids is 1. The quantitative estimate of drug-likeness (QED) is 0.573. The highest BCUT2D eigenvalue weighted by atomic mass is 35.5. The molecule has 0 spiro atoms. The number of aromatic nitrogens is 1. The highest BCUT2D eigenvalue weighted by molar-refractivity contribution is 8.01. The number of ether oxygens (including phenoxy) is 1. The van der Waals surface area contributed by atoms with Crippen LogP contribution in [0, 0.1) is 0 Å². The Labute approximate surface area is 176 Å². The fourth-order valence-corrected chi connectivity index (χ4v) is 5.04. The predicted octanol–water partition coefficient (Wildman–Crippen LogP) is 3.70. The lowest BCUT2D eigenvalue weighted by Crippen LogP contribution is -2.39. The number of likely N-dealkylation sites (tertiary alicyclic amines) is 1. The Bertz CT molecular complexity index is 861. The van der Waals surface area contributed by atoms with Gasteiger partial charge in [-0.3, -0.25) is 4.79 Å². The van der Waals surface area contributed by atoms with Crippen LogP contribution in [-0.2, 0) is 4.79 Å². The summed E-state index contributed by atoms with van der Waals surface area (Å²) in [6.45, 7) is 1.24. The van der Waals surface area contributed by atoms with E-state index in [9.17, 15) is 9.59 Å². The van der Waals surface area contributed by atoms with Gasteiger partial charge in [0.2, 0.25) is 5.91 Å². The van der Waals surface area contributed by atoms with Crippen molar-refractivity contribution < 1.29 is 19.4 Å². The summed E-state index contributed by atoms with van der Waals surface area (Å²) in [6.07, 6.45) is 1.35. The highest BCUT2D eigenvalue weighted by Gasteiger charge is 2.30. The lowest BCUT2D eigenvalue weighted by atomic mass is 10.2. The zero-order chi connectivity index (χ0) is 20.1. The van der Waals surface area contributed by atoms with Crippen molar-refractivity contribution in [3.8, 4) is 5.75 Å². The molecule has 0 saturated carbocycles. The van der Waals surface area contributed by atoms with E-state index in [4.69, 9.17) is 21.4 Å². The van der Waals surface area contributed by atoms with Crippen molar-refractivity contribution in [2.75, 3.05) is 31.3 Å². The van der Waals surface area contributed by atoms with Crippen LogP contribution in [0.15, 0.2) is 27.9 Å². The molecule has 28 heavy (non-hydrogen) atoms. The third kappa shape index (κ3) is 5.09. The van der Waals surface area contributed by atoms with Crippen molar-refractivity contribution >= 4 is 52.3 Å². The maximum absolute atomic E-state index is 12.2. The molecule has 1 aromatic heterocycles. The monoisotopic (exact) mass is 441 g/mol. The topological polar surface area (TPSA) is 91.8 Å². The summed E-state index contributed by atoms with van der Waals surface area (Å²) >= 11 is 8.93. The second-order valence-electron chi connectivity index (χ2n) is 6.16. The minimum Gasteiger partial charge on any atom is -0.495 e. The number of halogens is 1. The molecule has 1 atom stereocenters. The molecule has 3 rings (SSSR count). The first-order valence-electron chi connectivity index (χ1n) is 8.66. The van der Waals surface area contributed by atoms with Gasteiger partial charge in [0.15, 0.2) is 10.0 Å². The maximum Gasteiger partial charge on any atom is 0.355 e. The number of amides is 1. The van der Waals surface area contributed by atoms with E-state index >= 15 is 0 Å². The molecular formula is C18H20ClN3O4S2. The zero-order valence-corrected chi connectivity index (χ0v) is 17.6. The number of hydrogen-bond donors (Lipinski definition) is 2. The lowest BCUT2D eigenvalue weighted by Gasteiger charge is -2.25. The van der Waals surface area contributed by atoms with Gasteiger partial charge in [-0.2, -0.15) is 0 Å². The van der Waals surface area contributed by atoms with Crippen molar-refractivity contribution in [3.63, 3.8) is 0 Å². The Hall–Kier alpha value is -1.97. The van der Waals surface area contributed by atoms with E-state index in [2.05, 4.69) is 10.3 Å². The fourth-order valence-electron chi connectivity index (χ4n) is 2.98. The van der Waals surface area contributed by atoms with Crippen LogP contribution in [0.1, 0.15) is 23.3 Å². The van der Waals surface area contributed by atoms with Crippen molar-refractivity contribution in [2.45, 2.75) is 23.2 Å². The predicted molar refractivity (Wildman–Crippen MR) is 111 cm³/mol. The number of thioether (sulfide) groups is 1. The van der Waals surface area contributed by atoms with Crippen molar-refractivity contribution in [1.82, 2.24) is 9.88 Å². The number of anilines is 1. The van der Waals surface area contributed by atoms with Gasteiger partial charge in [-0.25, -0.2) is 9.78 Å². The van der Waals surface area contributed by atoms with Crippen LogP contribution in [0.4, 0.5) is 5.69 Å². The van der Waals surface area contributed by atoms with Gasteiger partial charge < -0.3 is 20.1 Å². The number of carboxylic acids is 1. The summed E-state index contributed by atoms with van der Waals surface area (Å²) in [5.41, 5.74) is 0.938. The minimum absolute atomic E-state index is 0.0602. The molecule has 1 amide bonds. The molecule has 150 valence electrons. The first kappa shape index (κ1) is 20.8. The SMILES string of the molecule is COc1ccc(NC[C@H]2CCC(=O)N2CCSc2nc(C(=O)O)cs2)cc1Cl. The van der Waals surface area contributed by atoms with Crippen molar-refractivity contribution in [2.24, 2.45) is 0 Å². The molecule has 1 aliphatic heterocycles. The third-order valence-electron chi connectivity index (χ3n) is 4.41. The van der Waals surface area contributed by atoms with Gasteiger partial charge in [0, 0.05) is 42.4 Å². The highest BCUT2D eigenvalue weighted by Crippen LogP contribution is 2.28. The number of carbonyl (C=O) groups excluding carboxylic acids is 1. The van der Waals surface area contributed by atoms with Gasteiger partial charge in [-0.1, -0.05) is 23.4 Å². The van der Waals surface area contributed by atoms with E-state index in [0.29, 0.717) is 40.4 Å². The Morgan fingerprint density at radius 3 is 3.04 bits per heavy atom. The van der Waals surface area contributed by atoms with Crippen molar-refractivity contribution in [1.29, 1.82) is 0 Å². The van der Waals surface area contributed by atoms with E-state index in [0.717, 1.165) is 12.1 Å². The number of benzene rings is 1. The number of carbonyl (C=O) groups is 2. The molecule has 2 N–H and O–H groups in total. The third-order valence-corrected chi connectivity index (χ3v) is 6.70. The standard InChI is InChI=1S/C18H20ClN3O4S2/c1-26-15-4-2-11(8-13(15)19)20-9-12-3-5-16(23)22(12)6-7-27-18-21-14(10-28-18)17(24)25/h2,4,8,10,12,20H,3,5-7,9H2,1H3,(H,24,25)/t12-/m1/s1. The van der Waals surface area contributed by atoms with Gasteiger partial charge in [0.25, 0.3) is 0 Å². The number of nitrogens with one attached hydrogen (secondary N) is 1. The number of hydrogen-bond acceptors (Lipinski definition) is 7. The fraction of sp³-hybridized carbons (Fsp3) is 0.389. The Morgan fingerprint density at radius 2 is 2.36 bits per heavy atom. The van der Waals surface area contributed by atoms with Crippen LogP contribution in [0.3, 0.4) is 0 Å². The Balaban J connectivity index is 1.51. The van der Waals surface area contributed by atoms with E-state index in [-0.39, 0.29) is 17.6 Å². The van der Waals surface area contributed by atoms with Crippen LogP contribution >= 0.6 is 34.7 Å². The number of thiazole rings is 1. The zero-order valence-electron chi connectivity index (χ0n) is 15.2. The summed E-state index contributed by atoms with van der Waals surface area (Å²) in [7, 11) is 1.57. The molecule has 0 radical (unpaired) electrons. The van der Waals surface area contributed by atoms with Gasteiger partial charge in [0.05, 0.1) is 12.1 Å². The van der Waals surface area contributed by atoms with Crippen LogP contribution in [0.5, 0.6) is 5.75 Å². The van der Waals surface area contributed by atoms with E-state index in [1.54, 1.807) is 19.2 Å². The molecule has 2 aromatic rings. The smallest absolute Gasteiger partial charge is 0.355 e. The molecular weight excluding hydrogens is 422 g/mol. The van der Waals surface area contributed by atoms with E-state index < -0.39 is 5.97 Å². The molecule has 1 aromatic carbocycles. The molecule has 0 unspecified atom stereocenters. The van der Waals surface area contributed by atoms with Crippen LogP contribution in [-0.4, -0.2) is 58.9 Å². The second kappa shape index (κ2) is 9.49. The van der Waals surface area contributed by atoms with E-state index in [1.165, 1.54) is 28.5 Å². The molecule has 1 aliphatic rings. The summed E-state index contributed by atoms with van der Waals surface area (Å²) in [5, 5.41) is 14.3. The Morgan fingerprint density at radius 1 is 1.54 bits per heavy atom. The molecule has 1 fully saturated rings. The molecule has 0 bridgehead atoms. The van der Waals surface area contributed by atoms with Crippen LogP contribution in [0.2, 0.25) is 5.02 Å². The summed E-state index contributed by atoms with van der Waals surface area (Å²) in [5.74, 6) is 0.409. The maximum atomic E-state index is 12.2. The van der Waals surface area contributed by atoms with E-state index in [1.807, 2.05) is 11.0 Å². The summed E-state index contributed by atoms with van der Waals surface area (Å²) in [6, 6.07) is 5.61. The van der Waals surface area contributed by atoms with Gasteiger partial charge >= 0.3 is 5.97 Å². The average molecular weight is 442 g/mol. The molecule has 1 saturated heterocycles. The Kier molecular flexibility index (Phi) is 7.03. The van der Waals surface area contributed by atoms with Gasteiger partial charge in [-0.15, -0.1) is 11.3 Å². The summed E-state index contributed by atoms with van der Waals surface area (Å²) in [4.78, 5) is 29.1. The molecule has 2 heterocycles. The molecule has 10 heteroatoms. The van der Waals surface area contributed by atoms with Crippen molar-refractivity contribution in [3.05, 3.63) is 34.3 Å². The van der Waals surface area contributed by atoms with Gasteiger partial charge in [0.1, 0.15) is 5.75 Å². The number of methoxy groups -OCH3 is 1.